The smallest absolute Gasteiger partial charge is 0.159 e. The van der Waals surface area contributed by atoms with Gasteiger partial charge in [-0.3, -0.25) is 25.0 Å². The number of nitrogens with zero attached hydrogens (tertiary/aromatic N) is 6. The molecular formula is C28H24N8. The number of benzene rings is 1. The molecule has 0 atom stereocenters. The number of aromatic nitrogens is 7. The van der Waals surface area contributed by atoms with Crippen LogP contribution in [-0.2, 0) is 6.54 Å². The van der Waals surface area contributed by atoms with Crippen molar-refractivity contribution in [1.82, 2.24) is 40.0 Å². The second-order valence-corrected chi connectivity index (χ2v) is 9.30. The molecule has 8 heteroatoms. The van der Waals surface area contributed by atoms with Crippen molar-refractivity contribution < 1.29 is 0 Å². The summed E-state index contributed by atoms with van der Waals surface area (Å²) in [7, 11) is 0. The van der Waals surface area contributed by atoms with Gasteiger partial charge in [-0.1, -0.05) is 6.07 Å². The number of fused-ring (bicyclic) bond motifs is 2. The summed E-state index contributed by atoms with van der Waals surface area (Å²) < 4.78 is 0. The predicted molar refractivity (Wildman–Crippen MR) is 140 cm³/mol. The minimum Gasteiger partial charge on any atom is -0.335 e. The van der Waals surface area contributed by atoms with Crippen molar-refractivity contribution in [3.8, 4) is 33.8 Å². The van der Waals surface area contributed by atoms with Gasteiger partial charge in [-0.15, -0.1) is 0 Å². The van der Waals surface area contributed by atoms with Crippen molar-refractivity contribution in [2.24, 2.45) is 0 Å². The average Bonchev–Trinajstić information content (AvgIpc) is 3.68. The number of rotatable bonds is 5. The van der Waals surface area contributed by atoms with Crippen molar-refractivity contribution in [2.45, 2.75) is 19.4 Å². The number of hydrogen-bond acceptors (Lipinski definition) is 6. The quantitative estimate of drug-likeness (QED) is 0.357. The maximum atomic E-state index is 4.94. The van der Waals surface area contributed by atoms with Gasteiger partial charge in [0, 0.05) is 54.0 Å². The van der Waals surface area contributed by atoms with Crippen LogP contribution < -0.4 is 0 Å². The lowest BCUT2D eigenvalue weighted by molar-refractivity contribution is 0.331. The van der Waals surface area contributed by atoms with Crippen LogP contribution in [0.2, 0.25) is 0 Å². The standard InChI is InChI=1S/C28H24N8/c1-2-10-36(9-1)17-18-11-21(14-30-13-18)20-3-4-24-22(12-20)27(35-34-24)28-32-25-16-31-15-23(26(25)33-28)19-5-7-29-8-6-19/h3-8,11-16H,1-2,9-10,17H2,(H,32,33)(H,34,35). The third kappa shape index (κ3) is 3.72. The Labute approximate surface area is 207 Å². The van der Waals surface area contributed by atoms with E-state index < -0.39 is 0 Å². The predicted octanol–water partition coefficient (Wildman–Crippen LogP) is 5.22. The van der Waals surface area contributed by atoms with Crippen LogP contribution in [0.1, 0.15) is 18.4 Å². The Morgan fingerprint density at radius 3 is 2.53 bits per heavy atom. The highest BCUT2D eigenvalue weighted by atomic mass is 15.1. The maximum Gasteiger partial charge on any atom is 0.159 e. The summed E-state index contributed by atoms with van der Waals surface area (Å²) in [5.74, 6) is 0.706. The van der Waals surface area contributed by atoms with Gasteiger partial charge in [0.25, 0.3) is 0 Å². The highest BCUT2D eigenvalue weighted by Gasteiger charge is 2.17. The molecule has 5 aromatic heterocycles. The molecule has 0 saturated carbocycles. The molecule has 2 N–H and O–H groups in total. The number of aromatic amines is 2. The lowest BCUT2D eigenvalue weighted by atomic mass is 10.0. The van der Waals surface area contributed by atoms with Gasteiger partial charge in [0.2, 0.25) is 0 Å². The second kappa shape index (κ2) is 8.66. The van der Waals surface area contributed by atoms with Gasteiger partial charge in [-0.2, -0.15) is 5.10 Å². The second-order valence-electron chi connectivity index (χ2n) is 9.30. The summed E-state index contributed by atoms with van der Waals surface area (Å²) in [6.45, 7) is 3.29. The number of pyridine rings is 3. The Morgan fingerprint density at radius 1 is 0.778 bits per heavy atom. The molecule has 0 radical (unpaired) electrons. The fraction of sp³-hybridized carbons (Fsp3) is 0.179. The van der Waals surface area contributed by atoms with Crippen molar-refractivity contribution in [3.05, 3.63) is 79.1 Å². The van der Waals surface area contributed by atoms with E-state index in [2.05, 4.69) is 59.3 Å². The van der Waals surface area contributed by atoms with E-state index in [0.717, 1.165) is 56.4 Å². The SMILES string of the molecule is c1cc(-c2cncc3[nH]c(-c4n[nH]c5ccc(-c6cncc(CN7CCCC7)c6)cc45)nc23)ccn1. The largest absolute Gasteiger partial charge is 0.335 e. The highest BCUT2D eigenvalue weighted by Crippen LogP contribution is 2.32. The molecule has 0 unspecified atom stereocenters. The number of H-pyrrole nitrogens is 2. The minimum atomic E-state index is 0.706. The Morgan fingerprint density at radius 2 is 1.64 bits per heavy atom. The Hall–Kier alpha value is -4.43. The summed E-state index contributed by atoms with van der Waals surface area (Å²) in [4.78, 5) is 23.9. The molecule has 176 valence electrons. The molecule has 0 bridgehead atoms. The van der Waals surface area contributed by atoms with E-state index >= 15 is 0 Å². The summed E-state index contributed by atoms with van der Waals surface area (Å²) >= 11 is 0. The summed E-state index contributed by atoms with van der Waals surface area (Å²) in [6, 6.07) is 12.5. The van der Waals surface area contributed by atoms with Crippen LogP contribution in [0.3, 0.4) is 0 Å². The fourth-order valence-electron chi connectivity index (χ4n) is 5.09. The molecule has 1 aromatic carbocycles. The first kappa shape index (κ1) is 20.9. The van der Waals surface area contributed by atoms with Crippen molar-refractivity contribution in [1.29, 1.82) is 0 Å². The first-order valence-electron chi connectivity index (χ1n) is 12.2. The molecule has 7 rings (SSSR count). The minimum absolute atomic E-state index is 0.706. The zero-order valence-corrected chi connectivity index (χ0v) is 19.6. The van der Waals surface area contributed by atoms with Crippen LogP contribution in [0.5, 0.6) is 0 Å². The molecule has 36 heavy (non-hydrogen) atoms. The fourth-order valence-corrected chi connectivity index (χ4v) is 5.09. The zero-order valence-electron chi connectivity index (χ0n) is 19.6. The Bertz CT molecular complexity index is 1680. The molecule has 8 nitrogen and oxygen atoms in total. The van der Waals surface area contributed by atoms with Gasteiger partial charge in [-0.25, -0.2) is 4.98 Å². The average molecular weight is 473 g/mol. The molecule has 0 spiro atoms. The van der Waals surface area contributed by atoms with Gasteiger partial charge in [0.1, 0.15) is 5.69 Å². The van der Waals surface area contributed by atoms with Crippen LogP contribution in [0.25, 0.3) is 55.7 Å². The van der Waals surface area contributed by atoms with Crippen LogP contribution in [0.15, 0.2) is 73.6 Å². The molecule has 1 aliphatic heterocycles. The molecular weight excluding hydrogens is 448 g/mol. The number of hydrogen-bond donors (Lipinski definition) is 2. The van der Waals surface area contributed by atoms with Gasteiger partial charge in [0.05, 0.1) is 22.7 Å². The molecule has 0 amide bonds. The Kier molecular flexibility index (Phi) is 5.03. The third-order valence-corrected chi connectivity index (χ3v) is 6.91. The number of likely N-dealkylation sites (tertiary alicyclic amines) is 1. The normalized spacial score (nSPS) is 14.2. The summed E-state index contributed by atoms with van der Waals surface area (Å²) in [5, 5.41) is 8.78. The molecule has 0 aliphatic carbocycles. The van der Waals surface area contributed by atoms with Crippen molar-refractivity contribution in [3.63, 3.8) is 0 Å². The maximum absolute atomic E-state index is 4.94. The third-order valence-electron chi connectivity index (χ3n) is 6.91. The first-order chi connectivity index (χ1) is 17.8. The van der Waals surface area contributed by atoms with Crippen LogP contribution in [0.4, 0.5) is 0 Å². The number of imidazole rings is 1. The molecule has 1 aliphatic rings. The lowest BCUT2D eigenvalue weighted by Gasteiger charge is -2.14. The van der Waals surface area contributed by atoms with E-state index in [4.69, 9.17) is 4.98 Å². The first-order valence-corrected chi connectivity index (χ1v) is 12.2. The summed E-state index contributed by atoms with van der Waals surface area (Å²) in [6.07, 6.45) is 13.7. The van der Waals surface area contributed by atoms with Crippen LogP contribution in [-0.4, -0.2) is 53.1 Å². The lowest BCUT2D eigenvalue weighted by Crippen LogP contribution is -2.18. The monoisotopic (exact) mass is 472 g/mol. The molecule has 6 aromatic rings. The number of nitrogens with one attached hydrogen (secondary N) is 2. The van der Waals surface area contributed by atoms with Gasteiger partial charge in [0.15, 0.2) is 5.82 Å². The van der Waals surface area contributed by atoms with Gasteiger partial charge < -0.3 is 4.98 Å². The zero-order chi connectivity index (χ0) is 23.9. The van der Waals surface area contributed by atoms with E-state index in [0.29, 0.717) is 5.82 Å². The Balaban J connectivity index is 1.28. The summed E-state index contributed by atoms with van der Waals surface area (Å²) in [5.41, 5.74) is 8.91. The van der Waals surface area contributed by atoms with Crippen molar-refractivity contribution in [2.75, 3.05) is 13.1 Å². The highest BCUT2D eigenvalue weighted by molar-refractivity contribution is 5.98. The van der Waals surface area contributed by atoms with Gasteiger partial charge >= 0.3 is 0 Å². The molecule has 1 saturated heterocycles. The van der Waals surface area contributed by atoms with Gasteiger partial charge in [-0.05, 0) is 73.0 Å². The van der Waals surface area contributed by atoms with Crippen LogP contribution >= 0.6 is 0 Å². The van der Waals surface area contributed by atoms with E-state index in [1.807, 2.05) is 30.7 Å². The van der Waals surface area contributed by atoms with E-state index in [1.165, 1.54) is 31.5 Å². The topological polar surface area (TPSA) is 99.3 Å². The van der Waals surface area contributed by atoms with Crippen molar-refractivity contribution >= 4 is 21.9 Å². The molecule has 6 heterocycles. The van der Waals surface area contributed by atoms with E-state index in [9.17, 15) is 0 Å². The van der Waals surface area contributed by atoms with E-state index in [1.54, 1.807) is 18.6 Å². The van der Waals surface area contributed by atoms with E-state index in [-0.39, 0.29) is 0 Å². The molecule has 1 fully saturated rings. The van der Waals surface area contributed by atoms with Crippen LogP contribution in [0, 0.1) is 0 Å².